The molecule has 4 atom stereocenters. The first-order chi connectivity index (χ1) is 22.7. The summed E-state index contributed by atoms with van der Waals surface area (Å²) in [6, 6.07) is 22.5. The number of anilines is 1. The average Bonchev–Trinajstić information content (AvgIpc) is 3.51. The molecule has 48 heavy (non-hydrogen) atoms. The predicted octanol–water partition coefficient (Wildman–Crippen LogP) is 3.85. The van der Waals surface area contributed by atoms with Crippen molar-refractivity contribution in [2.75, 3.05) is 26.0 Å². The monoisotopic (exact) mass is 672 g/mol. The van der Waals surface area contributed by atoms with Crippen LogP contribution in [0.5, 0.6) is 0 Å². The number of carbonyl (C=O) groups is 5. The minimum atomic E-state index is -5.08. The van der Waals surface area contributed by atoms with Gasteiger partial charge in [0, 0.05) is 31.7 Å². The Morgan fingerprint density at radius 3 is 2.00 bits per heavy atom. The van der Waals surface area contributed by atoms with E-state index in [9.17, 15) is 36.7 Å². The van der Waals surface area contributed by atoms with E-state index in [-0.39, 0.29) is 19.5 Å². The van der Waals surface area contributed by atoms with Crippen LogP contribution in [-0.2, 0) is 36.9 Å². The summed E-state index contributed by atoms with van der Waals surface area (Å²) in [6.07, 6.45) is -4.97. The van der Waals surface area contributed by atoms with Crippen molar-refractivity contribution in [1.29, 1.82) is 0 Å². The van der Waals surface area contributed by atoms with Gasteiger partial charge in [-0.1, -0.05) is 60.7 Å². The number of fused-ring (bicyclic) bond motifs is 1. The van der Waals surface area contributed by atoms with Crippen LogP contribution >= 0.6 is 0 Å². The minimum Gasteiger partial charge on any atom is -0.475 e. The van der Waals surface area contributed by atoms with Gasteiger partial charge < -0.3 is 20.1 Å². The maximum Gasteiger partial charge on any atom is 0.490 e. The molecule has 2 aliphatic rings. The fourth-order valence-corrected chi connectivity index (χ4v) is 5.91. The second kappa shape index (κ2) is 14.6. The standard InChI is InChI=1S/C31H31FN4O5.C2HF3O2/c1-35(30(40)33-23-15-13-22(32)14-16-23)19-24-25-26(28(38)36(27(25)37)18-21-11-7-4-8-12-21)31(34-24,29(39)41-2)17-20-9-5-3-6-10-20;3-2(4,5)1(6)7/h3-16,24-26,34H,17-19H2,1-2H3,(H,33,40);(H,6,7)/t24-,25+,26-,31-;/m1./s1. The zero-order valence-electron chi connectivity index (χ0n) is 25.7. The number of nitrogens with zero attached hydrogens (tertiary/aromatic N) is 2. The number of ether oxygens (including phenoxy) is 1. The molecule has 0 aliphatic carbocycles. The van der Waals surface area contributed by atoms with Gasteiger partial charge in [-0.3, -0.25) is 24.6 Å². The highest BCUT2D eigenvalue weighted by Gasteiger charge is 2.68. The van der Waals surface area contributed by atoms with Crippen LogP contribution in [-0.4, -0.2) is 83.1 Å². The molecule has 2 fully saturated rings. The lowest BCUT2D eigenvalue weighted by molar-refractivity contribution is -0.192. The number of imide groups is 1. The summed E-state index contributed by atoms with van der Waals surface area (Å²) < 4.78 is 50.3. The molecular weight excluding hydrogens is 640 g/mol. The number of alkyl halides is 3. The highest BCUT2D eigenvalue weighted by molar-refractivity contribution is 6.09. The van der Waals surface area contributed by atoms with Crippen LogP contribution in [0, 0.1) is 17.7 Å². The summed E-state index contributed by atoms with van der Waals surface area (Å²) in [5.41, 5.74) is 0.433. The van der Waals surface area contributed by atoms with E-state index in [0.717, 1.165) is 11.1 Å². The van der Waals surface area contributed by atoms with Crippen molar-refractivity contribution in [2.24, 2.45) is 11.8 Å². The first-order valence-electron chi connectivity index (χ1n) is 14.5. The number of halogens is 4. The van der Waals surface area contributed by atoms with Crippen LogP contribution in [0.1, 0.15) is 11.1 Å². The first kappa shape index (κ1) is 35.5. The van der Waals surface area contributed by atoms with Gasteiger partial charge in [-0.2, -0.15) is 13.2 Å². The van der Waals surface area contributed by atoms with E-state index in [0.29, 0.717) is 5.69 Å². The number of esters is 1. The number of urea groups is 1. The van der Waals surface area contributed by atoms with Gasteiger partial charge in [-0.05, 0) is 35.4 Å². The highest BCUT2D eigenvalue weighted by Crippen LogP contribution is 2.45. The van der Waals surface area contributed by atoms with Crippen LogP contribution in [0.4, 0.5) is 28.0 Å². The van der Waals surface area contributed by atoms with Crippen molar-refractivity contribution in [3.05, 3.63) is 102 Å². The summed E-state index contributed by atoms with van der Waals surface area (Å²) in [5.74, 6) is -6.65. The van der Waals surface area contributed by atoms with Crippen LogP contribution in [0.2, 0.25) is 0 Å². The van der Waals surface area contributed by atoms with Gasteiger partial charge in [-0.15, -0.1) is 0 Å². The first-order valence-corrected chi connectivity index (χ1v) is 14.5. The quantitative estimate of drug-likeness (QED) is 0.186. The van der Waals surface area contributed by atoms with Gasteiger partial charge in [-0.25, -0.2) is 14.0 Å². The van der Waals surface area contributed by atoms with Crippen LogP contribution in [0.3, 0.4) is 0 Å². The molecule has 2 heterocycles. The molecule has 2 aliphatic heterocycles. The molecule has 3 N–H and O–H groups in total. The molecule has 0 bridgehead atoms. The molecule has 0 aromatic heterocycles. The predicted molar refractivity (Wildman–Crippen MR) is 163 cm³/mol. The molecule has 254 valence electrons. The Balaban J connectivity index is 0.000000671. The Hall–Kier alpha value is -5.31. The molecule has 0 radical (unpaired) electrons. The lowest BCUT2D eigenvalue weighted by Crippen LogP contribution is -2.59. The van der Waals surface area contributed by atoms with Crippen molar-refractivity contribution in [3.63, 3.8) is 0 Å². The Morgan fingerprint density at radius 1 is 0.938 bits per heavy atom. The van der Waals surface area contributed by atoms with Gasteiger partial charge in [0.15, 0.2) is 0 Å². The van der Waals surface area contributed by atoms with Crippen molar-refractivity contribution < 1.29 is 51.4 Å². The molecule has 11 nitrogen and oxygen atoms in total. The normalized spacial score (nSPS) is 21.5. The van der Waals surface area contributed by atoms with E-state index in [4.69, 9.17) is 14.6 Å². The molecule has 3 aromatic carbocycles. The molecule has 0 saturated carbocycles. The van der Waals surface area contributed by atoms with E-state index in [1.165, 1.54) is 41.2 Å². The summed E-state index contributed by atoms with van der Waals surface area (Å²) in [4.78, 5) is 65.9. The lowest BCUT2D eigenvalue weighted by Gasteiger charge is -2.33. The number of amides is 4. The number of nitrogens with one attached hydrogen (secondary N) is 2. The van der Waals surface area contributed by atoms with Crippen molar-refractivity contribution in [2.45, 2.75) is 30.7 Å². The summed E-state index contributed by atoms with van der Waals surface area (Å²) in [7, 11) is 2.80. The Bertz CT molecular complexity index is 1640. The summed E-state index contributed by atoms with van der Waals surface area (Å²) in [5, 5.41) is 13.1. The number of carboxylic acid groups (broad SMARTS) is 1. The fraction of sp³-hybridized carbons (Fsp3) is 0.303. The zero-order chi connectivity index (χ0) is 35.2. The van der Waals surface area contributed by atoms with E-state index < -0.39 is 65.2 Å². The van der Waals surface area contributed by atoms with E-state index >= 15 is 0 Å². The zero-order valence-corrected chi connectivity index (χ0v) is 25.7. The van der Waals surface area contributed by atoms with Gasteiger partial charge in [0.2, 0.25) is 11.8 Å². The van der Waals surface area contributed by atoms with E-state index in [1.54, 1.807) is 7.05 Å². The van der Waals surface area contributed by atoms with Gasteiger partial charge >= 0.3 is 24.1 Å². The van der Waals surface area contributed by atoms with Crippen molar-refractivity contribution in [1.82, 2.24) is 15.1 Å². The van der Waals surface area contributed by atoms with Crippen LogP contribution < -0.4 is 10.6 Å². The molecule has 0 unspecified atom stereocenters. The van der Waals surface area contributed by atoms with E-state index in [2.05, 4.69) is 10.6 Å². The number of likely N-dealkylation sites (tertiary alicyclic amines) is 1. The maximum absolute atomic E-state index is 14.0. The molecule has 15 heteroatoms. The maximum atomic E-state index is 14.0. The minimum absolute atomic E-state index is 0.0138. The third-order valence-electron chi connectivity index (χ3n) is 8.06. The number of likely N-dealkylation sites (N-methyl/N-ethyl adjacent to an activating group) is 1. The summed E-state index contributed by atoms with van der Waals surface area (Å²) in [6.45, 7) is 0.0850. The molecule has 0 spiro atoms. The Morgan fingerprint density at radius 2 is 1.48 bits per heavy atom. The smallest absolute Gasteiger partial charge is 0.475 e. The highest BCUT2D eigenvalue weighted by atomic mass is 19.4. The number of rotatable bonds is 8. The fourth-order valence-electron chi connectivity index (χ4n) is 5.91. The number of aliphatic carboxylic acids is 1. The molecule has 2 saturated heterocycles. The van der Waals surface area contributed by atoms with E-state index in [1.807, 2.05) is 60.7 Å². The third-order valence-corrected chi connectivity index (χ3v) is 8.06. The van der Waals surface area contributed by atoms with Crippen LogP contribution in [0.15, 0.2) is 84.9 Å². The van der Waals surface area contributed by atoms with Crippen LogP contribution in [0.25, 0.3) is 0 Å². The molecule has 3 aromatic rings. The second-order valence-electron chi connectivity index (χ2n) is 11.2. The number of carbonyl (C=O) groups excluding carboxylic acids is 4. The number of methoxy groups -OCH3 is 1. The third kappa shape index (κ3) is 7.79. The molecule has 5 rings (SSSR count). The Labute approximate surface area is 272 Å². The summed E-state index contributed by atoms with van der Waals surface area (Å²) >= 11 is 0. The second-order valence-corrected chi connectivity index (χ2v) is 11.2. The topological polar surface area (TPSA) is 145 Å². The Kier molecular flexibility index (Phi) is 10.8. The lowest BCUT2D eigenvalue weighted by atomic mass is 9.76. The van der Waals surface area contributed by atoms with Gasteiger partial charge in [0.05, 0.1) is 25.5 Å². The molecular formula is C33H32F4N4O7. The largest absolute Gasteiger partial charge is 0.490 e. The van der Waals surface area contributed by atoms with Gasteiger partial charge in [0.1, 0.15) is 11.4 Å². The van der Waals surface area contributed by atoms with Crippen molar-refractivity contribution in [3.8, 4) is 0 Å². The number of hydrogen-bond acceptors (Lipinski definition) is 7. The van der Waals surface area contributed by atoms with Crippen molar-refractivity contribution >= 4 is 35.5 Å². The van der Waals surface area contributed by atoms with Gasteiger partial charge in [0.25, 0.3) is 0 Å². The number of hydrogen-bond donors (Lipinski definition) is 3. The number of carboxylic acids is 1. The molecule has 4 amide bonds. The number of benzene rings is 3. The average molecular weight is 673 g/mol. The SMILES string of the molecule is COC(=O)[C@]1(Cc2ccccc2)N[C@H](CN(C)C(=O)Nc2ccc(F)cc2)[C@@H]2C(=O)N(Cc3ccccc3)C(=O)[C@@H]21.O=C(O)C(F)(F)F.